The monoisotopic (exact) mass is 565 g/mol. The summed E-state index contributed by atoms with van der Waals surface area (Å²) in [5, 5.41) is 4.01. The number of rotatable bonds is 15. The summed E-state index contributed by atoms with van der Waals surface area (Å²) in [6.45, 7) is 7.27. The van der Waals surface area contributed by atoms with Crippen molar-refractivity contribution in [2.24, 2.45) is 5.10 Å². The highest BCUT2D eigenvalue weighted by atomic mass is 32.2. The summed E-state index contributed by atoms with van der Waals surface area (Å²) in [6, 6.07) is 17.5. The van der Waals surface area contributed by atoms with Crippen molar-refractivity contribution in [3.8, 4) is 23.0 Å². The molecular formula is C29H31N3O7S. The number of hydrazone groups is 1. The fraction of sp³-hybridized carbons (Fsp3) is 0.172. The van der Waals surface area contributed by atoms with E-state index in [1.165, 1.54) is 44.7 Å². The first-order valence-electron chi connectivity index (χ1n) is 12.1. The fourth-order valence-corrected chi connectivity index (χ4v) is 4.94. The summed E-state index contributed by atoms with van der Waals surface area (Å²) in [4.78, 5) is 13.0. The van der Waals surface area contributed by atoms with Crippen molar-refractivity contribution < 1.29 is 32.2 Å². The zero-order chi connectivity index (χ0) is 29.0. The number of anilines is 1. The van der Waals surface area contributed by atoms with E-state index in [9.17, 15) is 13.2 Å². The van der Waals surface area contributed by atoms with Crippen molar-refractivity contribution in [3.63, 3.8) is 0 Å². The van der Waals surface area contributed by atoms with E-state index >= 15 is 0 Å². The van der Waals surface area contributed by atoms with Crippen LogP contribution < -0.4 is 28.7 Å². The highest BCUT2D eigenvalue weighted by Crippen LogP contribution is 2.35. The zero-order valence-corrected chi connectivity index (χ0v) is 23.1. The Hall–Kier alpha value is -4.77. The molecule has 10 nitrogen and oxygen atoms in total. The molecule has 0 fully saturated rings. The Bertz CT molecular complexity index is 1460. The van der Waals surface area contributed by atoms with Crippen LogP contribution in [0.25, 0.3) is 0 Å². The summed E-state index contributed by atoms with van der Waals surface area (Å²) in [5.41, 5.74) is 3.09. The van der Waals surface area contributed by atoms with E-state index in [0.29, 0.717) is 29.4 Å². The number of nitrogens with one attached hydrogen (secondary N) is 1. The Morgan fingerprint density at radius 1 is 0.900 bits per heavy atom. The first kappa shape index (κ1) is 29.8. The second-order valence-corrected chi connectivity index (χ2v) is 9.92. The van der Waals surface area contributed by atoms with Gasteiger partial charge >= 0.3 is 0 Å². The lowest BCUT2D eigenvalue weighted by molar-refractivity contribution is -0.119. The van der Waals surface area contributed by atoms with Gasteiger partial charge in [-0.05, 0) is 36.4 Å². The molecule has 0 aliphatic heterocycles. The smallest absolute Gasteiger partial charge is 0.264 e. The second-order valence-electron chi connectivity index (χ2n) is 8.05. The van der Waals surface area contributed by atoms with Crippen molar-refractivity contribution in [2.75, 3.05) is 38.3 Å². The minimum atomic E-state index is -4.16. The number of methoxy groups -OCH3 is 2. The van der Waals surface area contributed by atoms with Gasteiger partial charge in [0, 0.05) is 17.7 Å². The van der Waals surface area contributed by atoms with Crippen LogP contribution in [0.2, 0.25) is 0 Å². The topological polar surface area (TPSA) is 116 Å². The molecule has 1 amide bonds. The molecule has 40 heavy (non-hydrogen) atoms. The number of hydrogen-bond donors (Lipinski definition) is 1. The largest absolute Gasteiger partial charge is 0.497 e. The second kappa shape index (κ2) is 14.4. The van der Waals surface area contributed by atoms with E-state index in [1.807, 2.05) is 0 Å². The number of carbonyl (C=O) groups excluding carboxylic acids is 1. The number of sulfonamides is 1. The molecular weight excluding hydrogens is 534 g/mol. The number of hydrogen-bond acceptors (Lipinski definition) is 8. The van der Waals surface area contributed by atoms with Gasteiger partial charge in [0.2, 0.25) is 0 Å². The van der Waals surface area contributed by atoms with Crippen LogP contribution in [-0.2, 0) is 14.8 Å². The summed E-state index contributed by atoms with van der Waals surface area (Å²) in [7, 11) is -1.28. The fourth-order valence-electron chi connectivity index (χ4n) is 3.49. The third-order valence-corrected chi connectivity index (χ3v) is 7.15. The normalized spacial score (nSPS) is 10.9. The molecule has 3 rings (SSSR count). The molecule has 3 aromatic carbocycles. The Balaban J connectivity index is 1.87. The number of carbonyl (C=O) groups is 1. The van der Waals surface area contributed by atoms with E-state index in [4.69, 9.17) is 18.9 Å². The lowest BCUT2D eigenvalue weighted by atomic mass is 10.2. The van der Waals surface area contributed by atoms with Gasteiger partial charge in [-0.1, -0.05) is 43.5 Å². The van der Waals surface area contributed by atoms with Crippen molar-refractivity contribution in [2.45, 2.75) is 4.90 Å². The number of ether oxygens (including phenoxy) is 4. The van der Waals surface area contributed by atoms with E-state index in [-0.39, 0.29) is 22.9 Å². The lowest BCUT2D eigenvalue weighted by Crippen LogP contribution is -2.39. The minimum Gasteiger partial charge on any atom is -0.497 e. The maximum Gasteiger partial charge on any atom is 0.264 e. The molecule has 0 heterocycles. The minimum absolute atomic E-state index is 0.00643. The molecule has 0 aliphatic rings. The average molecular weight is 566 g/mol. The molecule has 0 spiro atoms. The van der Waals surface area contributed by atoms with E-state index < -0.39 is 22.5 Å². The molecule has 3 aromatic rings. The number of benzene rings is 3. The van der Waals surface area contributed by atoms with Crippen LogP contribution in [0.3, 0.4) is 0 Å². The summed E-state index contributed by atoms with van der Waals surface area (Å²) >= 11 is 0. The predicted molar refractivity (Wildman–Crippen MR) is 154 cm³/mol. The van der Waals surface area contributed by atoms with E-state index in [0.717, 1.165) is 4.31 Å². The highest BCUT2D eigenvalue weighted by molar-refractivity contribution is 7.92. The average Bonchev–Trinajstić information content (AvgIpc) is 2.98. The van der Waals surface area contributed by atoms with Gasteiger partial charge in [0.25, 0.3) is 15.9 Å². The molecule has 210 valence electrons. The third kappa shape index (κ3) is 7.64. The summed E-state index contributed by atoms with van der Waals surface area (Å²) in [5.74, 6) is 0.999. The van der Waals surface area contributed by atoms with Gasteiger partial charge in [0.15, 0.2) is 0 Å². The van der Waals surface area contributed by atoms with Crippen LogP contribution in [0.5, 0.6) is 23.0 Å². The Morgan fingerprint density at radius 3 is 2.25 bits per heavy atom. The first-order chi connectivity index (χ1) is 19.3. The maximum absolute atomic E-state index is 13.6. The third-order valence-electron chi connectivity index (χ3n) is 5.38. The summed E-state index contributed by atoms with van der Waals surface area (Å²) in [6.07, 6.45) is 4.60. The van der Waals surface area contributed by atoms with Crippen LogP contribution in [0.1, 0.15) is 5.56 Å². The molecule has 1 N–H and O–H groups in total. The van der Waals surface area contributed by atoms with E-state index in [1.54, 1.807) is 54.6 Å². The molecule has 0 saturated heterocycles. The molecule has 0 unspecified atom stereocenters. The quantitative estimate of drug-likeness (QED) is 0.167. The summed E-state index contributed by atoms with van der Waals surface area (Å²) < 4.78 is 50.1. The zero-order valence-electron chi connectivity index (χ0n) is 22.3. The van der Waals surface area contributed by atoms with Gasteiger partial charge in [-0.25, -0.2) is 13.8 Å². The Labute approximate surface area is 234 Å². The molecule has 0 atom stereocenters. The molecule has 0 aliphatic carbocycles. The maximum atomic E-state index is 13.6. The van der Waals surface area contributed by atoms with Crippen LogP contribution >= 0.6 is 0 Å². The van der Waals surface area contributed by atoms with E-state index in [2.05, 4.69) is 23.7 Å². The number of nitrogens with zero attached hydrogens (tertiary/aromatic N) is 2. The highest BCUT2D eigenvalue weighted by Gasteiger charge is 2.29. The molecule has 11 heteroatoms. The Morgan fingerprint density at radius 2 is 1.57 bits per heavy atom. The van der Waals surface area contributed by atoms with Crippen LogP contribution in [-0.4, -0.2) is 54.5 Å². The van der Waals surface area contributed by atoms with Gasteiger partial charge in [-0.3, -0.25) is 9.10 Å². The van der Waals surface area contributed by atoms with Gasteiger partial charge in [0.05, 0.1) is 31.0 Å². The standard InChI is InChI=1S/C29H31N3O7S/c1-5-16-38-24-13-12-22(27(19-24)39-17-6-2)20-30-31-29(33)21-32(40(34,35)25-10-8-7-9-11-25)26-15-14-23(36-3)18-28(26)37-4/h5-15,18-20H,1-2,16-17,21H2,3-4H3,(H,31,33). The van der Waals surface area contributed by atoms with Crippen molar-refractivity contribution in [1.29, 1.82) is 0 Å². The first-order valence-corrected chi connectivity index (χ1v) is 13.5. The van der Waals surface area contributed by atoms with Gasteiger partial charge in [0.1, 0.15) is 42.8 Å². The van der Waals surface area contributed by atoms with Gasteiger partial charge < -0.3 is 18.9 Å². The molecule has 0 bridgehead atoms. The van der Waals surface area contributed by atoms with Crippen LogP contribution in [0, 0.1) is 0 Å². The molecule has 0 aromatic heterocycles. The molecule has 0 radical (unpaired) electrons. The van der Waals surface area contributed by atoms with Gasteiger partial charge in [-0.15, -0.1) is 0 Å². The van der Waals surface area contributed by atoms with Crippen molar-refractivity contribution in [3.05, 3.63) is 97.6 Å². The predicted octanol–water partition coefficient (Wildman–Crippen LogP) is 4.18. The van der Waals surface area contributed by atoms with Crippen LogP contribution in [0.15, 0.2) is 102 Å². The van der Waals surface area contributed by atoms with Crippen molar-refractivity contribution >= 4 is 27.8 Å². The van der Waals surface area contributed by atoms with Gasteiger partial charge in [-0.2, -0.15) is 5.10 Å². The lowest BCUT2D eigenvalue weighted by Gasteiger charge is -2.25. The van der Waals surface area contributed by atoms with Crippen LogP contribution in [0.4, 0.5) is 5.69 Å². The SMILES string of the molecule is C=CCOc1ccc(C=NNC(=O)CN(c2ccc(OC)cc2OC)S(=O)(=O)c2ccccc2)c(OCC=C)c1. The number of amides is 1. The van der Waals surface area contributed by atoms with Crippen molar-refractivity contribution in [1.82, 2.24) is 5.43 Å². The Kier molecular flexibility index (Phi) is 10.7. The molecule has 0 saturated carbocycles.